The number of hydrogen-bond donors (Lipinski definition) is 1. The van der Waals surface area contributed by atoms with Crippen molar-refractivity contribution in [2.45, 2.75) is 32.9 Å². The monoisotopic (exact) mass is 425 g/mol. The molecule has 0 aromatic heterocycles. The van der Waals surface area contributed by atoms with Gasteiger partial charge in [-0.25, -0.2) is 4.39 Å². The number of halogens is 1. The largest absolute Gasteiger partial charge is 0.493 e. The SMILES string of the molecule is C=C(NCc1ccc(OCC(C)C)cc1)[C@H](Cc1ccc(F)cc1)N1CCN(C)CC1. The van der Waals surface area contributed by atoms with E-state index in [0.717, 1.165) is 62.8 Å². The highest BCUT2D eigenvalue weighted by molar-refractivity contribution is 5.28. The van der Waals surface area contributed by atoms with Crippen LogP contribution in [-0.4, -0.2) is 55.7 Å². The standard InChI is InChI=1S/C26H36FN3O/c1-20(2)19-31-25-11-7-23(8-12-25)18-28-21(3)26(30-15-13-29(4)14-16-30)17-22-5-9-24(27)10-6-22/h5-12,20,26,28H,3,13-19H2,1-2,4H3/t26-/m0/s1. The summed E-state index contributed by atoms with van der Waals surface area (Å²) in [7, 11) is 2.16. The zero-order valence-corrected chi connectivity index (χ0v) is 19.1. The zero-order chi connectivity index (χ0) is 22.2. The second-order valence-corrected chi connectivity index (χ2v) is 8.91. The second kappa shape index (κ2) is 11.3. The quantitative estimate of drug-likeness (QED) is 0.614. The molecular formula is C26H36FN3O. The minimum absolute atomic E-state index is 0.174. The molecule has 5 heteroatoms. The molecule has 1 heterocycles. The van der Waals surface area contributed by atoms with Gasteiger partial charge in [-0.2, -0.15) is 0 Å². The van der Waals surface area contributed by atoms with Gasteiger partial charge in [-0.15, -0.1) is 0 Å². The van der Waals surface area contributed by atoms with Gasteiger partial charge < -0.3 is 15.0 Å². The first-order valence-electron chi connectivity index (χ1n) is 11.2. The minimum atomic E-state index is -0.197. The summed E-state index contributed by atoms with van der Waals surface area (Å²) < 4.78 is 19.1. The molecule has 1 aliphatic heterocycles. The van der Waals surface area contributed by atoms with Crippen LogP contribution >= 0.6 is 0 Å². The average Bonchev–Trinajstić information content (AvgIpc) is 2.77. The predicted octanol–water partition coefficient (Wildman–Crippen LogP) is 4.32. The Hall–Kier alpha value is -2.37. The Morgan fingerprint density at radius 2 is 1.61 bits per heavy atom. The second-order valence-electron chi connectivity index (χ2n) is 8.91. The topological polar surface area (TPSA) is 27.7 Å². The molecule has 168 valence electrons. The minimum Gasteiger partial charge on any atom is -0.493 e. The van der Waals surface area contributed by atoms with E-state index in [9.17, 15) is 4.39 Å². The first-order valence-corrected chi connectivity index (χ1v) is 11.2. The third-order valence-corrected chi connectivity index (χ3v) is 5.75. The fraction of sp³-hybridized carbons (Fsp3) is 0.462. The number of nitrogens with zero attached hydrogens (tertiary/aromatic N) is 2. The van der Waals surface area contributed by atoms with Gasteiger partial charge >= 0.3 is 0 Å². The number of nitrogens with one attached hydrogen (secondary N) is 1. The maximum Gasteiger partial charge on any atom is 0.123 e. The van der Waals surface area contributed by atoms with Gasteiger partial charge in [-0.3, -0.25) is 4.90 Å². The third-order valence-electron chi connectivity index (χ3n) is 5.75. The molecule has 4 nitrogen and oxygen atoms in total. The highest BCUT2D eigenvalue weighted by Crippen LogP contribution is 2.18. The lowest BCUT2D eigenvalue weighted by molar-refractivity contribution is 0.122. The highest BCUT2D eigenvalue weighted by Gasteiger charge is 2.25. The number of likely N-dealkylation sites (N-methyl/N-ethyl adjacent to an activating group) is 1. The Morgan fingerprint density at radius 1 is 1.00 bits per heavy atom. The summed E-state index contributed by atoms with van der Waals surface area (Å²) in [6.07, 6.45) is 0.817. The van der Waals surface area contributed by atoms with Crippen LogP contribution in [0.15, 0.2) is 60.8 Å². The van der Waals surface area contributed by atoms with Crippen LogP contribution in [0.1, 0.15) is 25.0 Å². The summed E-state index contributed by atoms with van der Waals surface area (Å²) in [5.74, 6) is 1.22. The molecule has 2 aromatic carbocycles. The van der Waals surface area contributed by atoms with Gasteiger partial charge in [0.2, 0.25) is 0 Å². The molecule has 1 aliphatic rings. The first kappa shape index (κ1) is 23.3. The molecule has 0 bridgehead atoms. The van der Waals surface area contributed by atoms with E-state index in [2.05, 4.69) is 54.7 Å². The van der Waals surface area contributed by atoms with Crippen molar-refractivity contribution in [2.24, 2.45) is 5.92 Å². The van der Waals surface area contributed by atoms with E-state index in [0.29, 0.717) is 5.92 Å². The fourth-order valence-corrected chi connectivity index (χ4v) is 3.75. The van der Waals surface area contributed by atoms with Crippen LogP contribution < -0.4 is 10.1 Å². The molecular weight excluding hydrogens is 389 g/mol. The maximum atomic E-state index is 13.4. The van der Waals surface area contributed by atoms with Crippen molar-refractivity contribution in [3.63, 3.8) is 0 Å². The van der Waals surface area contributed by atoms with Crippen molar-refractivity contribution >= 4 is 0 Å². The molecule has 3 rings (SSSR count). The lowest BCUT2D eigenvalue weighted by atomic mass is 10.0. The van der Waals surface area contributed by atoms with Crippen LogP contribution in [0, 0.1) is 11.7 Å². The number of ether oxygens (including phenoxy) is 1. The Morgan fingerprint density at radius 3 is 2.23 bits per heavy atom. The molecule has 1 saturated heterocycles. The third kappa shape index (κ3) is 7.37. The van der Waals surface area contributed by atoms with Crippen LogP contribution in [0.25, 0.3) is 0 Å². The number of rotatable bonds is 10. The summed E-state index contributed by atoms with van der Waals surface area (Å²) in [5.41, 5.74) is 3.32. The summed E-state index contributed by atoms with van der Waals surface area (Å²) in [5, 5.41) is 3.54. The molecule has 2 aromatic rings. The molecule has 1 N–H and O–H groups in total. The molecule has 31 heavy (non-hydrogen) atoms. The van der Waals surface area contributed by atoms with Gasteiger partial charge in [0, 0.05) is 38.4 Å². The molecule has 0 unspecified atom stereocenters. The van der Waals surface area contributed by atoms with E-state index in [-0.39, 0.29) is 11.9 Å². The molecule has 0 saturated carbocycles. The van der Waals surface area contributed by atoms with E-state index in [1.807, 2.05) is 24.3 Å². The van der Waals surface area contributed by atoms with Crippen LogP contribution in [0.2, 0.25) is 0 Å². The Bertz CT molecular complexity index is 812. The molecule has 0 amide bonds. The Kier molecular flexibility index (Phi) is 8.50. The number of piperazine rings is 1. The van der Waals surface area contributed by atoms with Gasteiger partial charge in [0.05, 0.1) is 12.6 Å². The van der Waals surface area contributed by atoms with Crippen LogP contribution in [0.3, 0.4) is 0 Å². The summed E-state index contributed by atoms with van der Waals surface area (Å²) in [4.78, 5) is 4.84. The van der Waals surface area contributed by atoms with Crippen LogP contribution in [0.5, 0.6) is 5.75 Å². The van der Waals surface area contributed by atoms with E-state index < -0.39 is 0 Å². The van der Waals surface area contributed by atoms with Crippen LogP contribution in [-0.2, 0) is 13.0 Å². The van der Waals surface area contributed by atoms with Crippen molar-refractivity contribution in [1.82, 2.24) is 15.1 Å². The summed E-state index contributed by atoms with van der Waals surface area (Å²) >= 11 is 0. The van der Waals surface area contributed by atoms with E-state index in [4.69, 9.17) is 4.74 Å². The molecule has 1 fully saturated rings. The van der Waals surface area contributed by atoms with E-state index in [1.54, 1.807) is 0 Å². The van der Waals surface area contributed by atoms with Crippen molar-refractivity contribution in [3.8, 4) is 5.75 Å². The van der Waals surface area contributed by atoms with Crippen molar-refractivity contribution in [3.05, 3.63) is 77.8 Å². The van der Waals surface area contributed by atoms with Gasteiger partial charge in [-0.1, -0.05) is 44.7 Å². The first-order chi connectivity index (χ1) is 14.9. The highest BCUT2D eigenvalue weighted by atomic mass is 19.1. The zero-order valence-electron chi connectivity index (χ0n) is 19.1. The predicted molar refractivity (Wildman–Crippen MR) is 126 cm³/mol. The van der Waals surface area contributed by atoms with Crippen molar-refractivity contribution in [1.29, 1.82) is 0 Å². The van der Waals surface area contributed by atoms with Crippen LogP contribution in [0.4, 0.5) is 4.39 Å². The van der Waals surface area contributed by atoms with E-state index >= 15 is 0 Å². The number of hydrogen-bond acceptors (Lipinski definition) is 4. The van der Waals surface area contributed by atoms with E-state index in [1.165, 1.54) is 17.7 Å². The normalized spacial score (nSPS) is 16.3. The Labute approximate surface area is 186 Å². The smallest absolute Gasteiger partial charge is 0.123 e. The van der Waals surface area contributed by atoms with Crippen molar-refractivity contribution in [2.75, 3.05) is 39.8 Å². The molecule has 0 aliphatic carbocycles. The van der Waals surface area contributed by atoms with Gasteiger partial charge in [0.15, 0.2) is 0 Å². The number of benzene rings is 2. The summed E-state index contributed by atoms with van der Waals surface area (Å²) in [6, 6.07) is 15.3. The molecule has 0 radical (unpaired) electrons. The Balaban J connectivity index is 1.61. The fourth-order valence-electron chi connectivity index (χ4n) is 3.75. The average molecular weight is 426 g/mol. The summed E-state index contributed by atoms with van der Waals surface area (Å²) in [6.45, 7) is 14.2. The maximum absolute atomic E-state index is 13.4. The van der Waals surface area contributed by atoms with Gasteiger partial charge in [0.1, 0.15) is 11.6 Å². The molecule has 1 atom stereocenters. The van der Waals surface area contributed by atoms with Gasteiger partial charge in [0.25, 0.3) is 0 Å². The lowest BCUT2D eigenvalue weighted by Gasteiger charge is -2.39. The lowest BCUT2D eigenvalue weighted by Crippen LogP contribution is -2.51. The van der Waals surface area contributed by atoms with Gasteiger partial charge in [-0.05, 0) is 54.8 Å². The van der Waals surface area contributed by atoms with Crippen molar-refractivity contribution < 1.29 is 9.13 Å². The molecule has 0 spiro atoms.